The van der Waals surface area contributed by atoms with Crippen LogP contribution in [0.25, 0.3) is 4.96 Å². The third-order valence-corrected chi connectivity index (χ3v) is 4.90. The molecule has 1 aromatic carbocycles. The number of carboxylic acids is 1. The maximum atomic E-state index is 11.7. The van der Waals surface area contributed by atoms with Crippen LogP contribution >= 0.6 is 11.3 Å². The minimum atomic E-state index is -0.856. The molecular weight excluding hydrogens is 336 g/mol. The summed E-state index contributed by atoms with van der Waals surface area (Å²) in [6, 6.07) is 8.99. The lowest BCUT2D eigenvalue weighted by Gasteiger charge is -2.15. The number of aliphatic carboxylic acids is 1. The molecule has 6 nitrogen and oxygen atoms in total. The molecule has 132 valence electrons. The summed E-state index contributed by atoms with van der Waals surface area (Å²) in [7, 11) is 0. The molecule has 2 heterocycles. The van der Waals surface area contributed by atoms with Crippen LogP contribution in [0.5, 0.6) is 0 Å². The number of nitrogens with one attached hydrogen (secondary N) is 1. The SMILES string of the molecule is Cc1nn2c(CN[C@@H](Cc3ccccc3)C(=O)O)c(C(C)C)nc2s1. The molecule has 3 rings (SSSR count). The van der Waals surface area contributed by atoms with Crippen molar-refractivity contribution in [1.29, 1.82) is 0 Å². The van der Waals surface area contributed by atoms with E-state index in [2.05, 4.69) is 29.2 Å². The Morgan fingerprint density at radius 1 is 1.32 bits per heavy atom. The largest absolute Gasteiger partial charge is 0.480 e. The summed E-state index contributed by atoms with van der Waals surface area (Å²) in [4.78, 5) is 17.2. The molecule has 0 saturated carbocycles. The highest BCUT2D eigenvalue weighted by atomic mass is 32.1. The molecule has 0 amide bonds. The molecule has 2 N–H and O–H groups in total. The van der Waals surface area contributed by atoms with Gasteiger partial charge in [-0.15, -0.1) is 0 Å². The van der Waals surface area contributed by atoms with Crippen LogP contribution in [0.1, 0.15) is 41.7 Å². The summed E-state index contributed by atoms with van der Waals surface area (Å²) in [6.07, 6.45) is 0.436. The fraction of sp³-hybridized carbons (Fsp3) is 0.389. The number of carboxylic acid groups (broad SMARTS) is 1. The van der Waals surface area contributed by atoms with Gasteiger partial charge in [0.1, 0.15) is 11.0 Å². The van der Waals surface area contributed by atoms with Gasteiger partial charge < -0.3 is 5.11 Å². The highest BCUT2D eigenvalue weighted by Crippen LogP contribution is 2.24. The third kappa shape index (κ3) is 3.88. The predicted octanol–water partition coefficient (Wildman–Crippen LogP) is 3.01. The molecule has 0 aliphatic heterocycles. The number of carbonyl (C=O) groups is 1. The van der Waals surface area contributed by atoms with Crippen LogP contribution in [-0.4, -0.2) is 31.7 Å². The number of aromatic nitrogens is 3. The van der Waals surface area contributed by atoms with Crippen LogP contribution in [0.2, 0.25) is 0 Å². The first-order valence-electron chi connectivity index (χ1n) is 8.30. The first-order chi connectivity index (χ1) is 12.0. The average molecular weight is 358 g/mol. The zero-order valence-corrected chi connectivity index (χ0v) is 15.4. The number of benzene rings is 1. The Hall–Kier alpha value is -2.25. The lowest BCUT2D eigenvalue weighted by Crippen LogP contribution is -2.38. The van der Waals surface area contributed by atoms with E-state index in [-0.39, 0.29) is 5.92 Å². The minimum absolute atomic E-state index is 0.253. The van der Waals surface area contributed by atoms with Gasteiger partial charge in [0, 0.05) is 6.54 Å². The summed E-state index contributed by atoms with van der Waals surface area (Å²) in [5, 5.41) is 18.2. The van der Waals surface area contributed by atoms with Crippen molar-refractivity contribution in [2.24, 2.45) is 0 Å². The van der Waals surface area contributed by atoms with Gasteiger partial charge in [0.25, 0.3) is 0 Å². The minimum Gasteiger partial charge on any atom is -0.480 e. The van der Waals surface area contributed by atoms with Gasteiger partial charge in [-0.2, -0.15) is 5.10 Å². The van der Waals surface area contributed by atoms with E-state index < -0.39 is 12.0 Å². The van der Waals surface area contributed by atoms with Crippen LogP contribution in [0.15, 0.2) is 30.3 Å². The van der Waals surface area contributed by atoms with E-state index in [1.807, 2.05) is 41.8 Å². The zero-order valence-electron chi connectivity index (χ0n) is 14.6. The van der Waals surface area contributed by atoms with E-state index in [9.17, 15) is 9.90 Å². The fourth-order valence-corrected chi connectivity index (χ4v) is 3.61. The summed E-state index contributed by atoms with van der Waals surface area (Å²) < 4.78 is 1.84. The van der Waals surface area contributed by atoms with E-state index in [0.29, 0.717) is 13.0 Å². The third-order valence-electron chi connectivity index (χ3n) is 4.07. The first kappa shape index (κ1) is 17.6. The van der Waals surface area contributed by atoms with E-state index in [1.165, 1.54) is 0 Å². The van der Waals surface area contributed by atoms with Gasteiger partial charge >= 0.3 is 5.97 Å². The van der Waals surface area contributed by atoms with E-state index in [1.54, 1.807) is 11.3 Å². The van der Waals surface area contributed by atoms with Crippen LogP contribution < -0.4 is 5.32 Å². The number of rotatable bonds is 7. The monoisotopic (exact) mass is 358 g/mol. The normalized spacial score (nSPS) is 12.8. The Labute approximate surface area is 150 Å². The molecule has 25 heavy (non-hydrogen) atoms. The molecule has 0 aliphatic rings. The van der Waals surface area contributed by atoms with E-state index >= 15 is 0 Å². The number of hydrogen-bond acceptors (Lipinski definition) is 5. The second kappa shape index (κ2) is 7.33. The van der Waals surface area contributed by atoms with Crippen molar-refractivity contribution in [2.45, 2.75) is 45.7 Å². The van der Waals surface area contributed by atoms with Gasteiger partial charge in [0.2, 0.25) is 4.96 Å². The number of fused-ring (bicyclic) bond motifs is 1. The second-order valence-corrected chi connectivity index (χ2v) is 7.54. The van der Waals surface area contributed by atoms with Gasteiger partial charge in [-0.3, -0.25) is 10.1 Å². The van der Waals surface area contributed by atoms with Gasteiger partial charge in [-0.25, -0.2) is 9.50 Å². The maximum absolute atomic E-state index is 11.7. The molecule has 0 spiro atoms. The Kier molecular flexibility index (Phi) is 5.15. The number of hydrogen-bond donors (Lipinski definition) is 2. The molecule has 3 aromatic rings. The standard InChI is InChI=1S/C18H22N4O2S/c1-11(2)16-15(22-18(20-16)25-12(3)21-22)10-19-14(17(23)24)9-13-7-5-4-6-8-13/h4-8,11,14,19H,9-10H2,1-3H3,(H,23,24)/t14-/m0/s1. The molecule has 1 atom stereocenters. The number of nitrogens with zero attached hydrogens (tertiary/aromatic N) is 3. The van der Waals surface area contributed by atoms with Crippen molar-refractivity contribution in [2.75, 3.05) is 0 Å². The van der Waals surface area contributed by atoms with Crippen LogP contribution in [0, 0.1) is 6.92 Å². The lowest BCUT2D eigenvalue weighted by atomic mass is 10.1. The second-order valence-electron chi connectivity index (χ2n) is 6.38. The smallest absolute Gasteiger partial charge is 0.321 e. The number of imidazole rings is 1. The molecule has 0 saturated heterocycles. The van der Waals surface area contributed by atoms with Gasteiger partial charge in [-0.05, 0) is 24.8 Å². The molecule has 0 bridgehead atoms. The molecule has 2 aromatic heterocycles. The van der Waals surface area contributed by atoms with Crippen molar-refractivity contribution in [3.05, 3.63) is 52.3 Å². The molecule has 0 unspecified atom stereocenters. The van der Waals surface area contributed by atoms with Crippen molar-refractivity contribution in [1.82, 2.24) is 19.9 Å². The quantitative estimate of drug-likeness (QED) is 0.679. The zero-order chi connectivity index (χ0) is 18.0. The number of aryl methyl sites for hydroxylation is 1. The summed E-state index contributed by atoms with van der Waals surface area (Å²) >= 11 is 1.54. The molecule has 0 fully saturated rings. The Balaban J connectivity index is 1.81. The fourth-order valence-electron chi connectivity index (χ4n) is 2.85. The van der Waals surface area contributed by atoms with Gasteiger partial charge in [-0.1, -0.05) is 55.5 Å². The molecule has 0 radical (unpaired) electrons. The Morgan fingerprint density at radius 2 is 2.04 bits per heavy atom. The van der Waals surface area contributed by atoms with Gasteiger partial charge in [0.05, 0.1) is 11.4 Å². The summed E-state index contributed by atoms with van der Waals surface area (Å²) in [6.45, 7) is 6.53. The summed E-state index contributed by atoms with van der Waals surface area (Å²) in [5.74, 6) is -0.603. The highest BCUT2D eigenvalue weighted by molar-refractivity contribution is 7.16. The topological polar surface area (TPSA) is 79.5 Å². The Morgan fingerprint density at radius 3 is 2.68 bits per heavy atom. The lowest BCUT2D eigenvalue weighted by molar-refractivity contribution is -0.139. The van der Waals surface area contributed by atoms with Crippen LogP contribution in [0.3, 0.4) is 0 Å². The molecule has 7 heteroatoms. The first-order valence-corrected chi connectivity index (χ1v) is 9.12. The van der Waals surface area contributed by atoms with Crippen molar-refractivity contribution in [3.8, 4) is 0 Å². The molecule has 0 aliphatic carbocycles. The summed E-state index contributed by atoms with van der Waals surface area (Å²) in [5.41, 5.74) is 2.90. The average Bonchev–Trinajstić information content (AvgIpc) is 3.08. The predicted molar refractivity (Wildman–Crippen MR) is 98.1 cm³/mol. The van der Waals surface area contributed by atoms with Crippen molar-refractivity contribution < 1.29 is 9.90 Å². The highest BCUT2D eigenvalue weighted by Gasteiger charge is 2.22. The van der Waals surface area contributed by atoms with Crippen LogP contribution in [-0.2, 0) is 17.8 Å². The maximum Gasteiger partial charge on any atom is 0.321 e. The Bertz CT molecular complexity index is 870. The van der Waals surface area contributed by atoms with Gasteiger partial charge in [0.15, 0.2) is 0 Å². The van der Waals surface area contributed by atoms with E-state index in [0.717, 1.165) is 26.9 Å². The van der Waals surface area contributed by atoms with E-state index in [4.69, 9.17) is 0 Å². The van der Waals surface area contributed by atoms with Crippen LogP contribution in [0.4, 0.5) is 0 Å². The molecular formula is C18H22N4O2S. The van der Waals surface area contributed by atoms with Crippen molar-refractivity contribution >= 4 is 22.3 Å². The van der Waals surface area contributed by atoms with Crippen molar-refractivity contribution in [3.63, 3.8) is 0 Å².